The summed E-state index contributed by atoms with van der Waals surface area (Å²) >= 11 is 0. The molecule has 2 aromatic rings. The fraction of sp³-hybridized carbons (Fsp3) is 0.552. The number of benzene rings is 1. The van der Waals surface area contributed by atoms with Crippen molar-refractivity contribution in [3.63, 3.8) is 0 Å². The monoisotopic (exact) mass is 479 g/mol. The third-order valence-corrected chi connectivity index (χ3v) is 6.23. The maximum Gasteiger partial charge on any atom is 0.407 e. The number of ether oxygens (including phenoxy) is 1. The first-order chi connectivity index (χ1) is 16.4. The highest BCUT2D eigenvalue weighted by Crippen LogP contribution is 2.34. The van der Waals surface area contributed by atoms with Gasteiger partial charge in [-0.05, 0) is 76.5 Å². The van der Waals surface area contributed by atoms with Crippen molar-refractivity contribution in [1.82, 2.24) is 15.2 Å². The van der Waals surface area contributed by atoms with Gasteiger partial charge in [-0.3, -0.25) is 9.78 Å². The number of hydrogen-bond acceptors (Lipinski definition) is 4. The largest absolute Gasteiger partial charge is 0.444 e. The smallest absolute Gasteiger partial charge is 0.407 e. The van der Waals surface area contributed by atoms with Crippen molar-refractivity contribution in [3.8, 4) is 11.1 Å². The second-order valence-electron chi connectivity index (χ2n) is 11.1. The van der Waals surface area contributed by atoms with E-state index in [1.165, 1.54) is 5.56 Å². The van der Waals surface area contributed by atoms with Crippen molar-refractivity contribution in [2.24, 2.45) is 5.92 Å². The van der Waals surface area contributed by atoms with Gasteiger partial charge in [0.2, 0.25) is 5.91 Å². The van der Waals surface area contributed by atoms with Crippen molar-refractivity contribution >= 4 is 12.0 Å². The molecule has 0 aliphatic carbocycles. The molecular formula is C29H41N3O3. The van der Waals surface area contributed by atoms with Crippen LogP contribution >= 0.6 is 0 Å². The number of carbonyl (C=O) groups excluding carboxylic acids is 2. The minimum Gasteiger partial charge on any atom is -0.444 e. The molecule has 0 bridgehead atoms. The van der Waals surface area contributed by atoms with Crippen LogP contribution in [-0.2, 0) is 28.9 Å². The molecule has 0 atom stereocenters. The molecule has 1 aromatic heterocycles. The van der Waals surface area contributed by atoms with E-state index in [4.69, 9.17) is 9.72 Å². The normalized spacial score (nSPS) is 13.9. The lowest BCUT2D eigenvalue weighted by molar-refractivity contribution is -0.129. The van der Waals surface area contributed by atoms with Crippen molar-refractivity contribution < 1.29 is 14.3 Å². The van der Waals surface area contributed by atoms with Crippen LogP contribution in [0.5, 0.6) is 0 Å². The first-order valence-electron chi connectivity index (χ1n) is 12.8. The number of nitrogens with zero attached hydrogens (tertiary/aromatic N) is 2. The van der Waals surface area contributed by atoms with Gasteiger partial charge in [0.15, 0.2) is 0 Å². The van der Waals surface area contributed by atoms with Gasteiger partial charge in [0.1, 0.15) is 5.60 Å². The Morgan fingerprint density at radius 3 is 2.26 bits per heavy atom. The van der Waals surface area contributed by atoms with Crippen LogP contribution in [0.15, 0.2) is 24.3 Å². The second-order valence-corrected chi connectivity index (χ2v) is 11.1. The van der Waals surface area contributed by atoms with E-state index in [9.17, 15) is 9.59 Å². The first-order valence-corrected chi connectivity index (χ1v) is 12.8. The molecule has 2 heterocycles. The Morgan fingerprint density at radius 2 is 1.69 bits per heavy atom. The highest BCUT2D eigenvalue weighted by Gasteiger charge is 2.25. The third-order valence-electron chi connectivity index (χ3n) is 6.23. The van der Waals surface area contributed by atoms with Crippen LogP contribution in [-0.4, -0.2) is 40.6 Å². The number of likely N-dealkylation sites (tertiary alicyclic amines) is 1. The van der Waals surface area contributed by atoms with Crippen LogP contribution < -0.4 is 5.32 Å². The van der Waals surface area contributed by atoms with E-state index in [2.05, 4.69) is 50.4 Å². The van der Waals surface area contributed by atoms with Crippen LogP contribution in [0.4, 0.5) is 4.79 Å². The van der Waals surface area contributed by atoms with Gasteiger partial charge < -0.3 is 15.0 Å². The highest BCUT2D eigenvalue weighted by atomic mass is 16.6. The Labute approximate surface area is 210 Å². The fourth-order valence-corrected chi connectivity index (χ4v) is 4.58. The van der Waals surface area contributed by atoms with Gasteiger partial charge in [0, 0.05) is 36.6 Å². The Balaban J connectivity index is 2.11. The Hall–Kier alpha value is -2.89. The summed E-state index contributed by atoms with van der Waals surface area (Å²) in [5, 5.41) is 2.95. The van der Waals surface area contributed by atoms with Crippen molar-refractivity contribution in [1.29, 1.82) is 0 Å². The summed E-state index contributed by atoms with van der Waals surface area (Å²) in [4.78, 5) is 32.7. The lowest BCUT2D eigenvalue weighted by atomic mass is 9.88. The topological polar surface area (TPSA) is 71.5 Å². The van der Waals surface area contributed by atoms with Gasteiger partial charge >= 0.3 is 6.09 Å². The van der Waals surface area contributed by atoms with E-state index < -0.39 is 11.7 Å². The zero-order valence-electron chi connectivity index (χ0n) is 22.5. The number of pyridine rings is 1. The van der Waals surface area contributed by atoms with E-state index in [1.54, 1.807) is 0 Å². The number of aryl methyl sites for hydroxylation is 2. The number of alkyl carbamates (subject to hydrolysis) is 1. The average molecular weight is 480 g/mol. The molecule has 2 amide bonds. The zero-order chi connectivity index (χ0) is 25.8. The Bertz CT molecular complexity index is 1050. The highest BCUT2D eigenvalue weighted by molar-refractivity contribution is 5.84. The number of rotatable bonds is 7. The molecule has 6 nitrogen and oxygen atoms in total. The molecule has 1 aliphatic heterocycles. The van der Waals surface area contributed by atoms with Crippen LogP contribution in [0.2, 0.25) is 0 Å². The first kappa shape index (κ1) is 26.7. The number of hydrogen-bond donors (Lipinski definition) is 1. The van der Waals surface area contributed by atoms with Gasteiger partial charge in [-0.15, -0.1) is 0 Å². The summed E-state index contributed by atoms with van der Waals surface area (Å²) in [6, 6.07) is 8.38. The Kier molecular flexibility index (Phi) is 8.57. The summed E-state index contributed by atoms with van der Waals surface area (Å²) < 4.78 is 5.50. The molecule has 1 aliphatic rings. The van der Waals surface area contributed by atoms with E-state index in [-0.39, 0.29) is 5.91 Å². The van der Waals surface area contributed by atoms with Gasteiger partial charge in [0.25, 0.3) is 0 Å². The molecule has 0 spiro atoms. The van der Waals surface area contributed by atoms with Crippen LogP contribution in [0.25, 0.3) is 11.1 Å². The molecule has 0 saturated carbocycles. The van der Waals surface area contributed by atoms with Crippen LogP contribution in [0.1, 0.15) is 75.5 Å². The second kappa shape index (κ2) is 11.2. The number of amides is 2. The summed E-state index contributed by atoms with van der Waals surface area (Å²) in [5.41, 5.74) is 6.38. The predicted molar refractivity (Wildman–Crippen MR) is 140 cm³/mol. The predicted octanol–water partition coefficient (Wildman–Crippen LogP) is 5.75. The minimum atomic E-state index is -0.580. The van der Waals surface area contributed by atoms with Gasteiger partial charge in [-0.2, -0.15) is 0 Å². The van der Waals surface area contributed by atoms with Crippen LogP contribution in [0.3, 0.4) is 0 Å². The molecule has 35 heavy (non-hydrogen) atoms. The standard InChI is InChI=1S/C29H41N3O3/c1-19(2)16-25-24(18-30-28(34)35-29(5,6)7)27(22-12-10-20(3)11-13-22)23(21(4)31-25)17-26(33)32-14-8-9-15-32/h10-13,19H,8-9,14-18H2,1-7H3,(H,30,34). The molecule has 1 saturated heterocycles. The molecule has 1 aromatic carbocycles. The summed E-state index contributed by atoms with van der Waals surface area (Å²) in [7, 11) is 0. The van der Waals surface area contributed by atoms with Gasteiger partial charge in [-0.25, -0.2) is 4.79 Å². The maximum absolute atomic E-state index is 13.2. The van der Waals surface area contributed by atoms with Gasteiger partial charge in [-0.1, -0.05) is 43.7 Å². The maximum atomic E-state index is 13.2. The molecular weight excluding hydrogens is 438 g/mol. The zero-order valence-corrected chi connectivity index (χ0v) is 22.5. The number of aromatic nitrogens is 1. The molecule has 0 radical (unpaired) electrons. The van der Waals surface area contributed by atoms with Crippen LogP contribution in [0, 0.1) is 19.8 Å². The van der Waals surface area contributed by atoms with Crippen molar-refractivity contribution in [2.45, 2.75) is 86.3 Å². The van der Waals surface area contributed by atoms with E-state index in [0.29, 0.717) is 18.9 Å². The molecule has 190 valence electrons. The van der Waals surface area contributed by atoms with Crippen molar-refractivity contribution in [2.75, 3.05) is 13.1 Å². The minimum absolute atomic E-state index is 0.142. The lowest BCUT2D eigenvalue weighted by Gasteiger charge is -2.24. The summed E-state index contributed by atoms with van der Waals surface area (Å²) in [6.07, 6.45) is 2.76. The molecule has 6 heteroatoms. The Morgan fingerprint density at radius 1 is 1.06 bits per heavy atom. The van der Waals surface area contributed by atoms with E-state index in [0.717, 1.165) is 66.0 Å². The fourth-order valence-electron chi connectivity index (χ4n) is 4.58. The quantitative estimate of drug-likeness (QED) is 0.549. The molecule has 1 fully saturated rings. The summed E-state index contributed by atoms with van der Waals surface area (Å²) in [5.74, 6) is 0.536. The molecule has 0 unspecified atom stereocenters. The lowest BCUT2D eigenvalue weighted by Crippen LogP contribution is -2.33. The number of nitrogens with one attached hydrogen (secondary N) is 1. The SMILES string of the molecule is Cc1ccc(-c2c(CC(=O)N3CCCC3)c(C)nc(CC(C)C)c2CNC(=O)OC(C)(C)C)cc1. The van der Waals surface area contributed by atoms with E-state index in [1.807, 2.05) is 32.6 Å². The molecule has 3 rings (SSSR count). The van der Waals surface area contributed by atoms with Crippen molar-refractivity contribution in [3.05, 3.63) is 52.3 Å². The summed E-state index contributed by atoms with van der Waals surface area (Å²) in [6.45, 7) is 15.9. The van der Waals surface area contributed by atoms with Gasteiger partial charge in [0.05, 0.1) is 6.42 Å². The average Bonchev–Trinajstić information content (AvgIpc) is 3.28. The van der Waals surface area contributed by atoms with E-state index >= 15 is 0 Å². The number of carbonyl (C=O) groups is 2. The third kappa shape index (κ3) is 7.30. The molecule has 1 N–H and O–H groups in total.